The van der Waals surface area contributed by atoms with Gasteiger partial charge in [0.25, 0.3) is 0 Å². The molecule has 0 aromatic heterocycles. The summed E-state index contributed by atoms with van der Waals surface area (Å²) in [6.07, 6.45) is 1.63. The predicted octanol–water partition coefficient (Wildman–Crippen LogP) is 3.94. The Morgan fingerprint density at radius 3 is 2.19 bits per heavy atom. The van der Waals surface area contributed by atoms with Gasteiger partial charge in [-0.3, -0.25) is 4.99 Å². The summed E-state index contributed by atoms with van der Waals surface area (Å²) in [7, 11) is 0. The average Bonchev–Trinajstić information content (AvgIpc) is 2.49. The van der Waals surface area contributed by atoms with Gasteiger partial charge in [0.15, 0.2) is 0 Å². The number of rotatable bonds is 6. The molecule has 0 heterocycles. The zero-order chi connectivity index (χ0) is 15.1. The number of benzene rings is 2. The van der Waals surface area contributed by atoms with Gasteiger partial charge in [-0.05, 0) is 50.2 Å². The van der Waals surface area contributed by atoms with Gasteiger partial charge in [0.2, 0.25) is 0 Å². The van der Waals surface area contributed by atoms with E-state index in [1.165, 1.54) is 0 Å². The molecule has 0 saturated carbocycles. The molecule has 2 aromatic carbocycles. The maximum atomic E-state index is 9.92. The van der Waals surface area contributed by atoms with E-state index in [2.05, 4.69) is 4.99 Å². The minimum absolute atomic E-state index is 0.149. The molecule has 0 fully saturated rings. The highest BCUT2D eigenvalue weighted by molar-refractivity contribution is 5.85. The van der Waals surface area contributed by atoms with Crippen molar-refractivity contribution in [3.63, 3.8) is 0 Å². The molecule has 110 valence electrons. The monoisotopic (exact) mass is 285 g/mol. The molecule has 2 rings (SSSR count). The quantitative estimate of drug-likeness (QED) is 0.818. The van der Waals surface area contributed by atoms with Crippen molar-refractivity contribution in [2.75, 3.05) is 13.2 Å². The third kappa shape index (κ3) is 4.24. The van der Waals surface area contributed by atoms with Crippen molar-refractivity contribution in [2.24, 2.45) is 4.99 Å². The molecule has 0 spiro atoms. The predicted molar refractivity (Wildman–Crippen MR) is 84.1 cm³/mol. The number of aromatic hydroxyl groups is 1. The van der Waals surface area contributed by atoms with Gasteiger partial charge in [-0.2, -0.15) is 0 Å². The summed E-state index contributed by atoms with van der Waals surface area (Å²) in [5, 5.41) is 9.92. The smallest absolute Gasteiger partial charge is 0.128 e. The molecule has 0 radical (unpaired) electrons. The van der Waals surface area contributed by atoms with Crippen LogP contribution in [-0.2, 0) is 0 Å². The Kier molecular flexibility index (Phi) is 5.21. The van der Waals surface area contributed by atoms with Crippen LogP contribution in [-0.4, -0.2) is 24.5 Å². The average molecular weight is 285 g/mol. The molecular formula is C17H19NO3. The summed E-state index contributed by atoms with van der Waals surface area (Å²) in [4.78, 5) is 4.33. The molecular weight excluding hydrogens is 266 g/mol. The number of hydrogen-bond donors (Lipinski definition) is 1. The Bertz CT molecular complexity index is 606. The van der Waals surface area contributed by atoms with E-state index in [4.69, 9.17) is 9.47 Å². The van der Waals surface area contributed by atoms with E-state index >= 15 is 0 Å². The SMILES string of the molecule is CCOc1ccc(N=Cc2ccc(OCC)cc2O)cc1. The molecule has 0 bridgehead atoms. The summed E-state index contributed by atoms with van der Waals surface area (Å²) in [6.45, 7) is 5.06. The van der Waals surface area contributed by atoms with Crippen LogP contribution in [0.15, 0.2) is 47.5 Å². The number of hydrogen-bond acceptors (Lipinski definition) is 4. The van der Waals surface area contributed by atoms with Gasteiger partial charge in [-0.1, -0.05) is 0 Å². The van der Waals surface area contributed by atoms with E-state index in [-0.39, 0.29) is 5.75 Å². The lowest BCUT2D eigenvalue weighted by Crippen LogP contribution is -1.92. The number of ether oxygens (including phenoxy) is 2. The zero-order valence-electron chi connectivity index (χ0n) is 12.2. The van der Waals surface area contributed by atoms with Crippen LogP contribution in [0.3, 0.4) is 0 Å². The van der Waals surface area contributed by atoms with Gasteiger partial charge >= 0.3 is 0 Å². The molecule has 0 atom stereocenters. The van der Waals surface area contributed by atoms with E-state index in [1.807, 2.05) is 44.2 Å². The largest absolute Gasteiger partial charge is 0.507 e. The van der Waals surface area contributed by atoms with Gasteiger partial charge in [-0.25, -0.2) is 0 Å². The van der Waals surface area contributed by atoms with Gasteiger partial charge in [0, 0.05) is 17.8 Å². The zero-order valence-corrected chi connectivity index (χ0v) is 12.2. The van der Waals surface area contributed by atoms with Gasteiger partial charge < -0.3 is 14.6 Å². The Morgan fingerprint density at radius 1 is 0.952 bits per heavy atom. The minimum atomic E-state index is 0.149. The normalized spacial score (nSPS) is 10.8. The highest BCUT2D eigenvalue weighted by Gasteiger charge is 2.01. The first kappa shape index (κ1) is 14.9. The van der Waals surface area contributed by atoms with Crippen LogP contribution < -0.4 is 9.47 Å². The maximum absolute atomic E-state index is 9.92. The number of phenols is 1. The van der Waals surface area contributed by atoms with E-state index in [9.17, 15) is 5.11 Å². The summed E-state index contributed by atoms with van der Waals surface area (Å²) >= 11 is 0. The standard InChI is InChI=1S/C17H19NO3/c1-3-20-15-9-6-14(7-10-15)18-12-13-5-8-16(21-4-2)11-17(13)19/h5-12,19H,3-4H2,1-2H3. The molecule has 0 unspecified atom stereocenters. The summed E-state index contributed by atoms with van der Waals surface area (Å²) < 4.78 is 10.7. The van der Waals surface area contributed by atoms with Crippen molar-refractivity contribution in [2.45, 2.75) is 13.8 Å². The first-order chi connectivity index (χ1) is 10.2. The van der Waals surface area contributed by atoms with E-state index in [0.29, 0.717) is 24.5 Å². The Balaban J connectivity index is 2.09. The van der Waals surface area contributed by atoms with Crippen molar-refractivity contribution in [1.29, 1.82) is 0 Å². The van der Waals surface area contributed by atoms with Crippen LogP contribution in [0.4, 0.5) is 5.69 Å². The lowest BCUT2D eigenvalue weighted by Gasteiger charge is -2.05. The Labute approximate surface area is 124 Å². The fourth-order valence-electron chi connectivity index (χ4n) is 1.83. The first-order valence-electron chi connectivity index (χ1n) is 6.95. The molecule has 4 nitrogen and oxygen atoms in total. The lowest BCUT2D eigenvalue weighted by atomic mass is 10.2. The second-order valence-corrected chi connectivity index (χ2v) is 4.34. The third-order valence-electron chi connectivity index (χ3n) is 2.81. The third-order valence-corrected chi connectivity index (χ3v) is 2.81. The van der Waals surface area contributed by atoms with Crippen LogP contribution in [0.25, 0.3) is 0 Å². The van der Waals surface area contributed by atoms with Crippen molar-refractivity contribution in [1.82, 2.24) is 0 Å². The van der Waals surface area contributed by atoms with Crippen LogP contribution in [0, 0.1) is 0 Å². The van der Waals surface area contributed by atoms with Crippen LogP contribution in [0.1, 0.15) is 19.4 Å². The number of nitrogens with zero attached hydrogens (tertiary/aromatic N) is 1. The molecule has 4 heteroatoms. The maximum Gasteiger partial charge on any atom is 0.128 e. The van der Waals surface area contributed by atoms with Gasteiger partial charge in [0.1, 0.15) is 17.2 Å². The molecule has 2 aromatic rings. The minimum Gasteiger partial charge on any atom is -0.507 e. The summed E-state index contributed by atoms with van der Waals surface area (Å²) in [5.74, 6) is 1.62. The van der Waals surface area contributed by atoms with Crippen molar-refractivity contribution >= 4 is 11.9 Å². The molecule has 0 saturated heterocycles. The topological polar surface area (TPSA) is 51.0 Å². The van der Waals surface area contributed by atoms with E-state index < -0.39 is 0 Å². The molecule has 21 heavy (non-hydrogen) atoms. The molecule has 0 amide bonds. The van der Waals surface area contributed by atoms with Gasteiger partial charge in [0.05, 0.1) is 18.9 Å². The van der Waals surface area contributed by atoms with Crippen molar-refractivity contribution in [3.8, 4) is 17.2 Å². The van der Waals surface area contributed by atoms with Crippen LogP contribution >= 0.6 is 0 Å². The van der Waals surface area contributed by atoms with Gasteiger partial charge in [-0.15, -0.1) is 0 Å². The molecule has 1 N–H and O–H groups in total. The highest BCUT2D eigenvalue weighted by Crippen LogP contribution is 2.23. The van der Waals surface area contributed by atoms with Crippen LogP contribution in [0.5, 0.6) is 17.2 Å². The number of phenolic OH excluding ortho intramolecular Hbond substituents is 1. The second-order valence-electron chi connectivity index (χ2n) is 4.34. The van der Waals surface area contributed by atoms with Crippen molar-refractivity contribution < 1.29 is 14.6 Å². The van der Waals surface area contributed by atoms with E-state index in [0.717, 1.165) is 11.4 Å². The fourth-order valence-corrected chi connectivity index (χ4v) is 1.83. The Morgan fingerprint density at radius 2 is 1.57 bits per heavy atom. The lowest BCUT2D eigenvalue weighted by molar-refractivity contribution is 0.337. The molecule has 0 aliphatic rings. The summed E-state index contributed by atoms with van der Waals surface area (Å²) in [6, 6.07) is 12.6. The van der Waals surface area contributed by atoms with Crippen LogP contribution in [0.2, 0.25) is 0 Å². The molecule has 0 aliphatic heterocycles. The second kappa shape index (κ2) is 7.33. The summed E-state index contributed by atoms with van der Waals surface area (Å²) in [5.41, 5.74) is 1.44. The fraction of sp³-hybridized carbons (Fsp3) is 0.235. The van der Waals surface area contributed by atoms with E-state index in [1.54, 1.807) is 18.3 Å². The Hall–Kier alpha value is -2.49. The number of aliphatic imine (C=N–C) groups is 1. The molecule has 0 aliphatic carbocycles. The highest BCUT2D eigenvalue weighted by atomic mass is 16.5. The first-order valence-corrected chi connectivity index (χ1v) is 6.95. The van der Waals surface area contributed by atoms with Crippen molar-refractivity contribution in [3.05, 3.63) is 48.0 Å².